The van der Waals surface area contributed by atoms with Gasteiger partial charge in [0.05, 0.1) is 24.2 Å². The molecule has 0 aromatic heterocycles. The van der Waals surface area contributed by atoms with E-state index in [0.29, 0.717) is 18.8 Å². The lowest BCUT2D eigenvalue weighted by molar-refractivity contribution is -0.171. The summed E-state index contributed by atoms with van der Waals surface area (Å²) in [7, 11) is -1.74. The molecule has 2 aliphatic rings. The molecule has 3 nitrogen and oxygen atoms in total. The molecule has 4 heteroatoms. The SMILES string of the molecule is C=CC[C@]12CC[C@@H](CO[Si](C)(C)C(C)(C)C)O[C@H]1CCCC2=O. The average Bonchev–Trinajstić information content (AvgIpc) is 2.45. The molecule has 1 heterocycles. The maximum atomic E-state index is 12.5. The van der Waals surface area contributed by atoms with Crippen molar-refractivity contribution in [3.63, 3.8) is 0 Å². The molecule has 0 amide bonds. The first kappa shape index (κ1) is 18.9. The fourth-order valence-electron chi connectivity index (χ4n) is 3.62. The number of fused-ring (bicyclic) bond motifs is 1. The van der Waals surface area contributed by atoms with Crippen LogP contribution < -0.4 is 0 Å². The molecule has 2 fully saturated rings. The second-order valence-electron chi connectivity index (χ2n) is 8.82. The van der Waals surface area contributed by atoms with Crippen molar-refractivity contribution in [2.24, 2.45) is 5.41 Å². The second kappa shape index (κ2) is 6.81. The molecule has 1 aliphatic carbocycles. The third-order valence-electron chi connectivity index (χ3n) is 6.26. The number of rotatable bonds is 5. The Morgan fingerprint density at radius 2 is 2.09 bits per heavy atom. The van der Waals surface area contributed by atoms with Gasteiger partial charge in [-0.05, 0) is 50.2 Å². The van der Waals surface area contributed by atoms with E-state index < -0.39 is 8.32 Å². The van der Waals surface area contributed by atoms with E-state index >= 15 is 0 Å². The van der Waals surface area contributed by atoms with Gasteiger partial charge in [0, 0.05) is 6.42 Å². The van der Waals surface area contributed by atoms with E-state index in [-0.39, 0.29) is 22.7 Å². The lowest BCUT2D eigenvalue weighted by atomic mass is 9.64. The first-order valence-corrected chi connectivity index (χ1v) is 12.0. The van der Waals surface area contributed by atoms with Crippen LogP contribution in [0, 0.1) is 5.41 Å². The summed E-state index contributed by atoms with van der Waals surface area (Å²) in [6.45, 7) is 15.9. The number of carbonyl (C=O) groups is 1. The highest BCUT2D eigenvalue weighted by molar-refractivity contribution is 6.74. The van der Waals surface area contributed by atoms with E-state index in [1.54, 1.807) is 0 Å². The zero-order chi connectivity index (χ0) is 17.3. The fourth-order valence-corrected chi connectivity index (χ4v) is 4.65. The van der Waals surface area contributed by atoms with Crippen LogP contribution in [-0.4, -0.2) is 32.9 Å². The van der Waals surface area contributed by atoms with Crippen molar-refractivity contribution in [1.82, 2.24) is 0 Å². The van der Waals surface area contributed by atoms with E-state index in [2.05, 4.69) is 40.4 Å². The molecule has 2 rings (SSSR count). The third-order valence-corrected chi connectivity index (χ3v) is 10.8. The summed E-state index contributed by atoms with van der Waals surface area (Å²) in [6, 6.07) is 0. The van der Waals surface area contributed by atoms with Gasteiger partial charge in [-0.3, -0.25) is 4.79 Å². The maximum Gasteiger partial charge on any atom is 0.192 e. The van der Waals surface area contributed by atoms with Gasteiger partial charge in [0.25, 0.3) is 0 Å². The van der Waals surface area contributed by atoms with Crippen LogP contribution >= 0.6 is 0 Å². The smallest absolute Gasteiger partial charge is 0.192 e. The topological polar surface area (TPSA) is 35.5 Å². The molecule has 132 valence electrons. The Morgan fingerprint density at radius 1 is 1.39 bits per heavy atom. The van der Waals surface area contributed by atoms with Crippen LogP contribution in [0.15, 0.2) is 12.7 Å². The minimum atomic E-state index is -1.74. The molecule has 0 unspecified atom stereocenters. The monoisotopic (exact) mass is 338 g/mol. The van der Waals surface area contributed by atoms with E-state index in [0.717, 1.165) is 32.1 Å². The Morgan fingerprint density at radius 3 is 2.70 bits per heavy atom. The summed E-state index contributed by atoms with van der Waals surface area (Å²) in [5, 5.41) is 0.217. The molecule has 0 aromatic rings. The zero-order valence-corrected chi connectivity index (χ0v) is 16.6. The zero-order valence-electron chi connectivity index (χ0n) is 15.6. The minimum Gasteiger partial charge on any atom is -0.414 e. The van der Waals surface area contributed by atoms with Gasteiger partial charge in [-0.25, -0.2) is 0 Å². The van der Waals surface area contributed by atoms with Crippen LogP contribution in [0.25, 0.3) is 0 Å². The largest absolute Gasteiger partial charge is 0.414 e. The molecular formula is C19H34O3Si. The van der Waals surface area contributed by atoms with Crippen molar-refractivity contribution < 1.29 is 14.0 Å². The Labute approximate surface area is 142 Å². The molecular weight excluding hydrogens is 304 g/mol. The number of allylic oxidation sites excluding steroid dienone is 1. The standard InChI is InChI=1S/C19H34O3Si/c1-7-12-19-13-11-15(14-21-23(5,6)18(2,3)4)22-17(19)10-8-9-16(19)20/h7,15,17H,1,8-14H2,2-6H3/t15-,17-,19+/m0/s1. The van der Waals surface area contributed by atoms with E-state index in [1.165, 1.54) is 0 Å². The van der Waals surface area contributed by atoms with Crippen LogP contribution in [-0.2, 0) is 14.0 Å². The molecule has 0 bridgehead atoms. The number of hydrogen-bond acceptors (Lipinski definition) is 3. The highest BCUT2D eigenvalue weighted by atomic mass is 28.4. The van der Waals surface area contributed by atoms with Crippen LogP contribution in [0.2, 0.25) is 18.1 Å². The number of carbonyl (C=O) groups excluding carboxylic acids is 1. The summed E-state index contributed by atoms with van der Waals surface area (Å²) < 4.78 is 12.7. The Bertz CT molecular complexity index is 452. The van der Waals surface area contributed by atoms with Gasteiger partial charge in [0.1, 0.15) is 5.78 Å². The Hall–Kier alpha value is -0.453. The first-order valence-electron chi connectivity index (χ1n) is 9.06. The second-order valence-corrected chi connectivity index (χ2v) is 13.6. The van der Waals surface area contributed by atoms with Crippen molar-refractivity contribution in [3.05, 3.63) is 12.7 Å². The predicted octanol–water partition coefficient (Wildman–Crippen LogP) is 4.87. The molecule has 0 aromatic carbocycles. The summed E-state index contributed by atoms with van der Waals surface area (Å²) in [5.41, 5.74) is -0.298. The molecule has 0 N–H and O–H groups in total. The molecule has 23 heavy (non-hydrogen) atoms. The van der Waals surface area contributed by atoms with Crippen molar-refractivity contribution in [1.29, 1.82) is 0 Å². The van der Waals surface area contributed by atoms with Crippen molar-refractivity contribution in [2.45, 2.75) is 89.6 Å². The molecule has 0 spiro atoms. The number of hydrogen-bond donors (Lipinski definition) is 0. The lowest BCUT2D eigenvalue weighted by Crippen LogP contribution is -2.53. The molecule has 3 atom stereocenters. The summed E-state index contributed by atoms with van der Waals surface area (Å²) in [5.74, 6) is 0.386. The van der Waals surface area contributed by atoms with Crippen LogP contribution in [0.4, 0.5) is 0 Å². The lowest BCUT2D eigenvalue weighted by Gasteiger charge is -2.48. The molecule has 1 aliphatic heterocycles. The van der Waals surface area contributed by atoms with Crippen molar-refractivity contribution >= 4 is 14.1 Å². The number of ketones is 1. The van der Waals surface area contributed by atoms with Gasteiger partial charge in [0.15, 0.2) is 8.32 Å². The minimum absolute atomic E-state index is 0.0588. The van der Waals surface area contributed by atoms with E-state index in [1.807, 2.05) is 6.08 Å². The first-order chi connectivity index (χ1) is 10.6. The van der Waals surface area contributed by atoms with E-state index in [4.69, 9.17) is 9.16 Å². The normalized spacial score (nSPS) is 32.5. The van der Waals surface area contributed by atoms with Crippen LogP contribution in [0.5, 0.6) is 0 Å². The van der Waals surface area contributed by atoms with Crippen molar-refractivity contribution in [2.75, 3.05) is 6.61 Å². The summed E-state index contributed by atoms with van der Waals surface area (Å²) in [6.07, 6.45) is 7.35. The van der Waals surface area contributed by atoms with Gasteiger partial charge in [0.2, 0.25) is 0 Å². The number of Topliss-reactive ketones (excluding diaryl/α,β-unsaturated/α-hetero) is 1. The maximum absolute atomic E-state index is 12.5. The highest BCUT2D eigenvalue weighted by Crippen LogP contribution is 2.47. The molecule has 1 saturated carbocycles. The summed E-state index contributed by atoms with van der Waals surface area (Å²) >= 11 is 0. The fraction of sp³-hybridized carbons (Fsp3) is 0.842. The van der Waals surface area contributed by atoms with Gasteiger partial charge in [-0.2, -0.15) is 0 Å². The highest BCUT2D eigenvalue weighted by Gasteiger charge is 2.50. The average molecular weight is 339 g/mol. The van der Waals surface area contributed by atoms with Gasteiger partial charge in [-0.15, -0.1) is 6.58 Å². The number of ether oxygens (including phenoxy) is 1. The van der Waals surface area contributed by atoms with Gasteiger partial charge in [-0.1, -0.05) is 26.8 Å². The predicted molar refractivity (Wildman–Crippen MR) is 97.1 cm³/mol. The summed E-state index contributed by atoms with van der Waals surface area (Å²) in [4.78, 5) is 12.5. The molecule has 1 saturated heterocycles. The van der Waals surface area contributed by atoms with Gasteiger partial charge < -0.3 is 9.16 Å². The molecule has 0 radical (unpaired) electrons. The quantitative estimate of drug-likeness (QED) is 0.530. The van der Waals surface area contributed by atoms with Crippen molar-refractivity contribution in [3.8, 4) is 0 Å². The van der Waals surface area contributed by atoms with Crippen LogP contribution in [0.1, 0.15) is 59.3 Å². The Kier molecular flexibility index (Phi) is 5.59. The van der Waals surface area contributed by atoms with Gasteiger partial charge >= 0.3 is 0 Å². The third kappa shape index (κ3) is 3.80. The van der Waals surface area contributed by atoms with Crippen LogP contribution in [0.3, 0.4) is 0 Å². The van der Waals surface area contributed by atoms with E-state index in [9.17, 15) is 4.79 Å². The Balaban J connectivity index is 2.00.